The molecule has 3 rings (SSSR count). The number of rotatable bonds is 7. The summed E-state index contributed by atoms with van der Waals surface area (Å²) in [5, 5.41) is 79.1. The van der Waals surface area contributed by atoms with Gasteiger partial charge in [-0.2, -0.15) is 5.26 Å². The molecule has 2 aliphatic rings. The Hall–Kier alpha value is -1.73. The topological polar surface area (TPSA) is 202 Å². The molecule has 178 valence electrons. The first kappa shape index (κ1) is 24.9. The summed E-state index contributed by atoms with van der Waals surface area (Å²) in [5.41, 5.74) is 0.487. The van der Waals surface area contributed by atoms with E-state index in [9.17, 15) is 41.0 Å². The SMILES string of the molecule is N#C[C@@H](O[C@H]1O[C@@H](CO[C@H]2O[C@@H](CO)[C@@H](O)[C@@H](O)[C@H]2O)[C@@H](O)[C@@H](O)[C@H]1O)c1ccccc1. The summed E-state index contributed by atoms with van der Waals surface area (Å²) in [4.78, 5) is 0. The standard InChI is InChI=1S/C20H27NO11/c21-6-10(9-4-2-1-3-5-9)30-20-18(28)16(26)14(24)12(32-20)8-29-19-17(27)15(25)13(23)11(7-22)31-19/h1-5,10-20,22-28H,7-8H2/t10-,11+,12+,13-,14-,15-,16-,17-,18-,19+,20+/m1/s1. The molecule has 1 aromatic carbocycles. The zero-order chi connectivity index (χ0) is 23.4. The number of ether oxygens (including phenoxy) is 4. The monoisotopic (exact) mass is 457 g/mol. The Bertz CT molecular complexity index is 760. The van der Waals surface area contributed by atoms with Crippen molar-refractivity contribution >= 4 is 0 Å². The average molecular weight is 457 g/mol. The normalized spacial score (nSPS) is 41.1. The van der Waals surface area contributed by atoms with Crippen molar-refractivity contribution in [3.8, 4) is 6.07 Å². The van der Waals surface area contributed by atoms with Crippen LogP contribution in [0.25, 0.3) is 0 Å². The van der Waals surface area contributed by atoms with Crippen molar-refractivity contribution in [2.75, 3.05) is 13.2 Å². The van der Waals surface area contributed by atoms with Gasteiger partial charge in [0.1, 0.15) is 48.8 Å². The van der Waals surface area contributed by atoms with Crippen molar-refractivity contribution in [3.05, 3.63) is 35.9 Å². The summed E-state index contributed by atoms with van der Waals surface area (Å²) in [5.74, 6) is 0. The van der Waals surface area contributed by atoms with Crippen LogP contribution in [0.5, 0.6) is 0 Å². The van der Waals surface area contributed by atoms with Gasteiger partial charge < -0.3 is 54.7 Å². The lowest BCUT2D eigenvalue weighted by Gasteiger charge is -2.43. The number of aliphatic hydroxyl groups excluding tert-OH is 7. The maximum Gasteiger partial charge on any atom is 0.188 e. The van der Waals surface area contributed by atoms with Crippen LogP contribution in [0.15, 0.2) is 30.3 Å². The first-order valence-corrected chi connectivity index (χ1v) is 10.00. The van der Waals surface area contributed by atoms with Crippen LogP contribution in [-0.4, -0.2) is 110 Å². The molecular formula is C20H27NO11. The molecule has 0 radical (unpaired) electrons. The second kappa shape index (κ2) is 10.9. The molecule has 7 N–H and O–H groups in total. The van der Waals surface area contributed by atoms with Crippen LogP contribution in [0.3, 0.4) is 0 Å². The Morgan fingerprint density at radius 2 is 1.38 bits per heavy atom. The molecular weight excluding hydrogens is 430 g/mol. The van der Waals surface area contributed by atoms with E-state index in [1.54, 1.807) is 30.3 Å². The van der Waals surface area contributed by atoms with E-state index in [1.807, 2.05) is 6.07 Å². The maximum absolute atomic E-state index is 10.3. The number of hydrogen-bond acceptors (Lipinski definition) is 12. The Labute approximate surface area is 183 Å². The van der Waals surface area contributed by atoms with E-state index in [2.05, 4.69) is 0 Å². The van der Waals surface area contributed by atoms with Crippen LogP contribution in [0, 0.1) is 11.3 Å². The molecule has 0 bridgehead atoms. The van der Waals surface area contributed by atoms with Gasteiger partial charge in [0.25, 0.3) is 0 Å². The third-order valence-electron chi connectivity index (χ3n) is 5.43. The Morgan fingerprint density at radius 1 is 0.812 bits per heavy atom. The van der Waals surface area contributed by atoms with E-state index in [1.165, 1.54) is 0 Å². The predicted molar refractivity (Wildman–Crippen MR) is 102 cm³/mol. The first-order valence-electron chi connectivity index (χ1n) is 10.00. The van der Waals surface area contributed by atoms with E-state index in [0.29, 0.717) is 5.56 Å². The van der Waals surface area contributed by atoms with Crippen LogP contribution in [-0.2, 0) is 18.9 Å². The van der Waals surface area contributed by atoms with Gasteiger partial charge in [0.2, 0.25) is 0 Å². The molecule has 2 aliphatic heterocycles. The van der Waals surface area contributed by atoms with Crippen molar-refractivity contribution in [3.63, 3.8) is 0 Å². The number of nitriles is 1. The van der Waals surface area contributed by atoms with E-state index in [4.69, 9.17) is 18.9 Å². The van der Waals surface area contributed by atoms with Crippen LogP contribution in [0.1, 0.15) is 11.7 Å². The van der Waals surface area contributed by atoms with Crippen molar-refractivity contribution in [2.45, 2.75) is 67.5 Å². The summed E-state index contributed by atoms with van der Waals surface area (Å²) in [7, 11) is 0. The molecule has 0 saturated carbocycles. The number of hydrogen-bond donors (Lipinski definition) is 7. The van der Waals surface area contributed by atoms with E-state index < -0.39 is 80.7 Å². The molecule has 0 aromatic heterocycles. The quantitative estimate of drug-likeness (QED) is 0.218. The van der Waals surface area contributed by atoms with Crippen LogP contribution < -0.4 is 0 Å². The van der Waals surface area contributed by atoms with Crippen molar-refractivity contribution in [2.24, 2.45) is 0 Å². The summed E-state index contributed by atoms with van der Waals surface area (Å²) in [6.45, 7) is -1.14. The molecule has 11 atom stereocenters. The van der Waals surface area contributed by atoms with Gasteiger partial charge in [-0.25, -0.2) is 0 Å². The molecule has 0 unspecified atom stereocenters. The van der Waals surface area contributed by atoms with Crippen molar-refractivity contribution in [1.82, 2.24) is 0 Å². The number of aliphatic hydroxyl groups is 7. The van der Waals surface area contributed by atoms with Crippen LogP contribution in [0.2, 0.25) is 0 Å². The van der Waals surface area contributed by atoms with Gasteiger partial charge >= 0.3 is 0 Å². The minimum Gasteiger partial charge on any atom is -0.394 e. The summed E-state index contributed by atoms with van der Waals surface area (Å²) in [6.07, 6.45) is -16.5. The summed E-state index contributed by atoms with van der Waals surface area (Å²) >= 11 is 0. The minimum atomic E-state index is -1.70. The molecule has 2 fully saturated rings. The maximum atomic E-state index is 10.3. The highest BCUT2D eigenvalue weighted by molar-refractivity contribution is 5.22. The Balaban J connectivity index is 1.65. The predicted octanol–water partition coefficient (Wildman–Crippen LogP) is -3.11. The number of nitrogens with zero attached hydrogens (tertiary/aromatic N) is 1. The fraction of sp³-hybridized carbons (Fsp3) is 0.650. The van der Waals surface area contributed by atoms with Gasteiger partial charge in [-0.05, 0) is 5.56 Å². The third kappa shape index (κ3) is 5.25. The van der Waals surface area contributed by atoms with E-state index in [-0.39, 0.29) is 0 Å². The highest BCUT2D eigenvalue weighted by atomic mass is 16.7. The third-order valence-corrected chi connectivity index (χ3v) is 5.43. The molecule has 12 nitrogen and oxygen atoms in total. The van der Waals surface area contributed by atoms with Gasteiger partial charge in [0, 0.05) is 0 Å². The zero-order valence-electron chi connectivity index (χ0n) is 16.9. The molecule has 0 spiro atoms. The highest BCUT2D eigenvalue weighted by Gasteiger charge is 2.48. The summed E-state index contributed by atoms with van der Waals surface area (Å²) in [6, 6.07) is 10.3. The minimum absolute atomic E-state index is 0.487. The van der Waals surface area contributed by atoms with Gasteiger partial charge in [-0.1, -0.05) is 30.3 Å². The summed E-state index contributed by atoms with van der Waals surface area (Å²) < 4.78 is 21.6. The lowest BCUT2D eigenvalue weighted by molar-refractivity contribution is -0.334. The van der Waals surface area contributed by atoms with Crippen LogP contribution in [0.4, 0.5) is 0 Å². The second-order valence-electron chi connectivity index (χ2n) is 7.60. The molecule has 0 amide bonds. The first-order chi connectivity index (χ1) is 15.3. The van der Waals surface area contributed by atoms with E-state index in [0.717, 1.165) is 0 Å². The Kier molecular flexibility index (Phi) is 8.50. The molecule has 1 aromatic rings. The molecule has 12 heteroatoms. The average Bonchev–Trinajstić information content (AvgIpc) is 2.81. The zero-order valence-corrected chi connectivity index (χ0v) is 16.9. The lowest BCUT2D eigenvalue weighted by atomic mass is 9.98. The smallest absolute Gasteiger partial charge is 0.188 e. The number of benzene rings is 1. The van der Waals surface area contributed by atoms with E-state index >= 15 is 0 Å². The highest BCUT2D eigenvalue weighted by Crippen LogP contribution is 2.28. The molecule has 32 heavy (non-hydrogen) atoms. The lowest BCUT2D eigenvalue weighted by Crippen LogP contribution is -2.61. The fourth-order valence-corrected chi connectivity index (χ4v) is 3.51. The van der Waals surface area contributed by atoms with Gasteiger partial charge in [0.15, 0.2) is 18.7 Å². The second-order valence-corrected chi connectivity index (χ2v) is 7.60. The molecule has 0 aliphatic carbocycles. The largest absolute Gasteiger partial charge is 0.394 e. The van der Waals surface area contributed by atoms with Gasteiger partial charge in [0.05, 0.1) is 19.3 Å². The van der Waals surface area contributed by atoms with Gasteiger partial charge in [-0.3, -0.25) is 0 Å². The molecule has 2 heterocycles. The molecule has 2 saturated heterocycles. The van der Waals surface area contributed by atoms with Crippen LogP contribution >= 0.6 is 0 Å². The fourth-order valence-electron chi connectivity index (χ4n) is 3.51. The van der Waals surface area contributed by atoms with Crippen molar-refractivity contribution < 1.29 is 54.7 Å². The van der Waals surface area contributed by atoms with Crippen molar-refractivity contribution in [1.29, 1.82) is 5.26 Å². The Morgan fingerprint density at radius 3 is 1.97 bits per heavy atom. The van der Waals surface area contributed by atoms with Gasteiger partial charge in [-0.15, -0.1) is 0 Å².